The highest BCUT2D eigenvalue weighted by Gasteiger charge is 2.87. The summed E-state index contributed by atoms with van der Waals surface area (Å²) >= 11 is 0. The monoisotopic (exact) mass is 589 g/mol. The van der Waals surface area contributed by atoms with Gasteiger partial charge in [0, 0.05) is 0 Å². The number of para-hydroxylation sites is 1. The van der Waals surface area contributed by atoms with Crippen LogP contribution < -0.4 is 15.3 Å². The summed E-state index contributed by atoms with van der Waals surface area (Å²) in [6.07, 6.45) is 1.29. The fraction of sp³-hybridized carbons (Fsp3) is 0.519. The molecule has 13 nitrogen and oxygen atoms in total. The normalized spacial score (nSPS) is 29.0. The van der Waals surface area contributed by atoms with E-state index in [9.17, 15) is 19.6 Å². The Kier molecular flexibility index (Phi) is 8.12. The summed E-state index contributed by atoms with van der Waals surface area (Å²) in [5.74, 6) is -0.169. The predicted octanol–water partition coefficient (Wildman–Crippen LogP) is 2.92. The summed E-state index contributed by atoms with van der Waals surface area (Å²) in [5, 5.41) is 29.6. The van der Waals surface area contributed by atoms with Crippen LogP contribution in [0.3, 0.4) is 0 Å². The molecule has 3 aromatic rings. The van der Waals surface area contributed by atoms with Gasteiger partial charge < -0.3 is 29.9 Å². The number of rotatable bonds is 13. The van der Waals surface area contributed by atoms with Crippen molar-refractivity contribution in [2.24, 2.45) is 0 Å². The molecule has 1 aliphatic carbocycles. The van der Waals surface area contributed by atoms with Gasteiger partial charge >= 0.3 is 13.7 Å². The summed E-state index contributed by atoms with van der Waals surface area (Å²) in [7, 11) is -4.33. The van der Waals surface area contributed by atoms with Crippen LogP contribution >= 0.6 is 7.75 Å². The fourth-order valence-electron chi connectivity index (χ4n) is 5.27. The molecule has 2 fully saturated rings. The van der Waals surface area contributed by atoms with Crippen molar-refractivity contribution in [3.63, 3.8) is 0 Å². The molecule has 222 valence electrons. The number of fused-ring (bicyclic) bond motifs is 2. The highest BCUT2D eigenvalue weighted by Crippen LogP contribution is 2.68. The van der Waals surface area contributed by atoms with Gasteiger partial charge in [0.15, 0.2) is 11.4 Å². The average Bonchev–Trinajstić information content (AvgIpc) is 3.22. The van der Waals surface area contributed by atoms with E-state index in [4.69, 9.17) is 24.3 Å². The lowest BCUT2D eigenvalue weighted by Gasteiger charge is -2.27. The molecule has 0 spiro atoms. The van der Waals surface area contributed by atoms with Crippen molar-refractivity contribution in [2.75, 3.05) is 12.3 Å². The summed E-state index contributed by atoms with van der Waals surface area (Å²) < 4.78 is 38.6. The van der Waals surface area contributed by atoms with E-state index >= 15 is 0 Å². The minimum atomic E-state index is -4.33. The van der Waals surface area contributed by atoms with Gasteiger partial charge in [-0.1, -0.05) is 44.4 Å². The van der Waals surface area contributed by atoms with E-state index in [-0.39, 0.29) is 18.2 Å². The summed E-state index contributed by atoms with van der Waals surface area (Å²) in [4.78, 5) is 16.6. The van der Waals surface area contributed by atoms with Crippen LogP contribution in [0.25, 0.3) is 5.52 Å². The van der Waals surface area contributed by atoms with E-state index in [2.05, 4.69) is 22.1 Å². The Morgan fingerprint density at radius 1 is 1.24 bits per heavy atom. The smallest absolute Gasteiger partial charge is 0.459 e. The molecule has 1 saturated carbocycles. The number of anilines is 1. The lowest BCUT2D eigenvalue weighted by atomic mass is 10.0. The topological polar surface area (TPSA) is 180 Å². The molecule has 0 radical (unpaired) electrons. The first-order chi connectivity index (χ1) is 19.5. The second-order valence-corrected chi connectivity index (χ2v) is 12.2. The third kappa shape index (κ3) is 5.33. The second kappa shape index (κ2) is 11.3. The molecule has 5 N–H and O–H groups in total. The molecular weight excluding hydrogens is 553 g/mol. The molecule has 0 bridgehead atoms. The number of aromatic nitrogens is 3. The van der Waals surface area contributed by atoms with Crippen molar-refractivity contribution in [1.29, 1.82) is 0 Å². The van der Waals surface area contributed by atoms with Gasteiger partial charge in [0.05, 0.1) is 12.3 Å². The van der Waals surface area contributed by atoms with E-state index in [0.29, 0.717) is 11.2 Å². The zero-order chi connectivity index (χ0) is 29.4. The number of aliphatic hydroxyl groups excluding tert-OH is 1. The quantitative estimate of drug-likeness (QED) is 0.130. The van der Waals surface area contributed by atoms with Crippen LogP contribution in [0.2, 0.25) is 0 Å². The van der Waals surface area contributed by atoms with Crippen LogP contribution in [0, 0.1) is 0 Å². The molecule has 2 aromatic heterocycles. The maximum absolute atomic E-state index is 14.1. The van der Waals surface area contributed by atoms with Crippen molar-refractivity contribution < 1.29 is 38.1 Å². The Labute approximate surface area is 237 Å². The summed E-state index contributed by atoms with van der Waals surface area (Å²) in [6, 6.07) is 10.6. The number of hydrogen-bond donors (Lipinski definition) is 4. The zero-order valence-corrected chi connectivity index (χ0v) is 24.1. The maximum atomic E-state index is 14.1. The van der Waals surface area contributed by atoms with Gasteiger partial charge in [0.2, 0.25) is 0 Å². The first-order valence-electron chi connectivity index (χ1n) is 13.7. The first kappa shape index (κ1) is 29.4. The number of nitrogens with one attached hydrogen (secondary N) is 1. The number of unbranched alkanes of at least 4 members (excludes halogenated alkanes) is 3. The third-order valence-electron chi connectivity index (χ3n) is 7.68. The van der Waals surface area contributed by atoms with Gasteiger partial charge in [-0.3, -0.25) is 9.32 Å². The molecule has 2 unspecified atom stereocenters. The van der Waals surface area contributed by atoms with Crippen molar-refractivity contribution >= 4 is 25.1 Å². The molecule has 3 heterocycles. The minimum absolute atomic E-state index is 0.211. The number of nitrogens with zero attached hydrogens (tertiary/aromatic N) is 3. The number of carbonyl (C=O) groups is 1. The van der Waals surface area contributed by atoms with E-state index in [1.54, 1.807) is 49.4 Å². The first-order valence-corrected chi connectivity index (χ1v) is 15.2. The largest absolute Gasteiger partial charge is 0.465 e. The van der Waals surface area contributed by atoms with Crippen LogP contribution in [0.4, 0.5) is 5.82 Å². The molecular formula is C27H36N5O8P. The second-order valence-electron chi connectivity index (χ2n) is 10.6. The van der Waals surface area contributed by atoms with Crippen LogP contribution in [0.1, 0.15) is 58.3 Å². The zero-order valence-electron chi connectivity index (χ0n) is 23.2. The van der Waals surface area contributed by atoms with Gasteiger partial charge in [-0.15, -0.1) is 0 Å². The van der Waals surface area contributed by atoms with Crippen LogP contribution in [-0.4, -0.2) is 66.8 Å². The molecule has 41 heavy (non-hydrogen) atoms. The number of benzene rings is 1. The maximum Gasteiger partial charge on any atom is 0.459 e. The van der Waals surface area contributed by atoms with Gasteiger partial charge in [-0.2, -0.15) is 10.2 Å². The van der Waals surface area contributed by atoms with Crippen molar-refractivity contribution in [1.82, 2.24) is 19.7 Å². The number of ether oxygens (including phenoxy) is 2. The minimum Gasteiger partial charge on any atom is -0.465 e. The van der Waals surface area contributed by atoms with Gasteiger partial charge in [0.25, 0.3) is 0 Å². The Hall–Kier alpha value is -3.06. The Morgan fingerprint density at radius 2 is 2.00 bits per heavy atom. The number of nitrogen functional groups attached to an aromatic ring is 1. The van der Waals surface area contributed by atoms with Crippen LogP contribution in [0.15, 0.2) is 48.8 Å². The highest BCUT2D eigenvalue weighted by atomic mass is 31.2. The fourth-order valence-corrected chi connectivity index (χ4v) is 7.05. The Morgan fingerprint density at radius 3 is 2.68 bits per heavy atom. The highest BCUT2D eigenvalue weighted by molar-refractivity contribution is 7.52. The van der Waals surface area contributed by atoms with Crippen molar-refractivity contribution in [3.8, 4) is 5.75 Å². The van der Waals surface area contributed by atoms with E-state index in [1.165, 1.54) is 17.8 Å². The molecule has 1 aromatic carbocycles. The van der Waals surface area contributed by atoms with E-state index in [1.807, 2.05) is 0 Å². The molecule has 1 saturated heterocycles. The Balaban J connectivity index is 1.32. The number of hydrogen-bond acceptors (Lipinski definition) is 11. The molecule has 7 atom stereocenters. The molecule has 14 heteroatoms. The van der Waals surface area contributed by atoms with Crippen molar-refractivity contribution in [3.05, 3.63) is 54.5 Å². The standard InChI is InChI=1S/C27H36N5O8P/c1-4-5-6-10-15-37-24(34)17(2)31-41(36,39-18-11-8-7-9-12-18)40-25-26(3)27(25,35)22(33)21(38-26)19-13-14-20-23(28)29-16-30-32(19)20/h7-9,11-14,16-17,21-22,25,33,35H,4-6,10,15H2,1-3H3,(H,31,36)(H2,28,29,30)/t17-,21-,22-,25?,26+,27+,41?/m0/s1. The van der Waals surface area contributed by atoms with Crippen LogP contribution in [0.5, 0.6) is 5.75 Å². The molecule has 0 amide bonds. The number of carbonyl (C=O) groups excluding carboxylic acids is 1. The van der Waals surface area contributed by atoms with Crippen molar-refractivity contribution in [2.45, 2.75) is 82.0 Å². The number of aliphatic hydroxyl groups is 2. The summed E-state index contributed by atoms with van der Waals surface area (Å²) in [6.45, 7) is 5.35. The lowest BCUT2D eigenvalue weighted by Crippen LogP contribution is -2.38. The molecule has 5 rings (SSSR count). The third-order valence-corrected chi connectivity index (χ3v) is 9.33. The Bertz CT molecular complexity index is 1440. The SMILES string of the molecule is CCCCCCOC(=O)[C@H](C)NP(=O)(Oc1ccccc1)OC1[C@@]2(C)O[C@@H](c3ccc4c(N)ncnn34)[C@H](O)[C@@]12O. The summed E-state index contributed by atoms with van der Waals surface area (Å²) in [5.41, 5.74) is 3.48. The van der Waals surface area contributed by atoms with Gasteiger partial charge in [-0.25, -0.2) is 14.1 Å². The number of nitrogens with two attached hydrogens (primary N) is 1. The predicted molar refractivity (Wildman–Crippen MR) is 148 cm³/mol. The van der Waals surface area contributed by atoms with Gasteiger partial charge in [-0.05, 0) is 44.5 Å². The average molecular weight is 590 g/mol. The molecule has 1 aliphatic heterocycles. The molecule has 2 aliphatic rings. The van der Waals surface area contributed by atoms with E-state index in [0.717, 1.165) is 25.7 Å². The van der Waals surface area contributed by atoms with E-state index < -0.39 is 49.3 Å². The number of esters is 1. The van der Waals surface area contributed by atoms with Crippen LogP contribution in [-0.2, 0) is 23.4 Å². The lowest BCUT2D eigenvalue weighted by molar-refractivity contribution is -0.145. The van der Waals surface area contributed by atoms with Gasteiger partial charge in [0.1, 0.15) is 47.5 Å².